The monoisotopic (exact) mass is 373 g/mol. The third-order valence-electron chi connectivity index (χ3n) is 2.75. The fraction of sp³-hybridized carbons (Fsp3) is 0.231. The van der Waals surface area contributed by atoms with Crippen LogP contribution in [0.4, 0.5) is 0 Å². The minimum absolute atomic E-state index is 0.0441. The van der Waals surface area contributed by atoms with Crippen molar-refractivity contribution in [2.45, 2.75) is 0 Å². The van der Waals surface area contributed by atoms with Crippen LogP contribution >= 0.6 is 27.3 Å². The van der Waals surface area contributed by atoms with Crippen LogP contribution in [0, 0.1) is 0 Å². The summed E-state index contributed by atoms with van der Waals surface area (Å²) in [4.78, 5) is 15.8. The lowest BCUT2D eigenvalue weighted by molar-refractivity contribution is 0.0692. The minimum Gasteiger partial charge on any atom is -0.496 e. The van der Waals surface area contributed by atoms with Gasteiger partial charge in [0.1, 0.15) is 5.75 Å². The van der Waals surface area contributed by atoms with Gasteiger partial charge >= 0.3 is 5.97 Å². The smallest absolute Gasteiger partial charge is 0.356 e. The Balaban J connectivity index is 2.70. The number of aromatic carboxylic acids is 1. The molecule has 2 rings (SSSR count). The van der Waals surface area contributed by atoms with Gasteiger partial charge in [-0.15, -0.1) is 11.3 Å². The van der Waals surface area contributed by atoms with Crippen molar-refractivity contribution in [1.82, 2.24) is 4.98 Å². The lowest BCUT2D eigenvalue weighted by Gasteiger charge is -2.13. The summed E-state index contributed by atoms with van der Waals surface area (Å²) in [7, 11) is 4.53. The molecule has 0 bridgehead atoms. The lowest BCUT2D eigenvalue weighted by Crippen LogP contribution is -2.00. The molecule has 0 aliphatic heterocycles. The molecule has 21 heavy (non-hydrogen) atoms. The Morgan fingerprint density at radius 1 is 1.14 bits per heavy atom. The molecule has 0 amide bonds. The number of carbonyl (C=O) groups is 1. The van der Waals surface area contributed by atoms with Crippen molar-refractivity contribution in [3.8, 4) is 27.7 Å². The van der Waals surface area contributed by atoms with Gasteiger partial charge in [0.25, 0.3) is 0 Å². The second-order valence-corrected chi connectivity index (χ2v) is 6.13. The van der Waals surface area contributed by atoms with Crippen LogP contribution in [0.15, 0.2) is 16.0 Å². The summed E-state index contributed by atoms with van der Waals surface area (Å²) in [6.07, 6.45) is 0. The Morgan fingerprint density at radius 3 is 2.24 bits per heavy atom. The third-order valence-corrected chi connectivity index (χ3v) is 4.29. The summed E-state index contributed by atoms with van der Waals surface area (Å²) in [5.41, 5.74) is 0.535. The van der Waals surface area contributed by atoms with E-state index in [1.54, 1.807) is 12.1 Å². The molecule has 0 atom stereocenters. The molecule has 0 radical (unpaired) electrons. The maximum Gasteiger partial charge on any atom is 0.356 e. The fourth-order valence-electron chi connectivity index (χ4n) is 1.83. The number of thiazole rings is 1. The Labute approximate surface area is 133 Å². The fourth-order valence-corrected chi connectivity index (χ4v) is 3.30. The van der Waals surface area contributed by atoms with E-state index in [4.69, 9.17) is 14.2 Å². The van der Waals surface area contributed by atoms with Gasteiger partial charge in [0.05, 0.1) is 26.2 Å². The molecular weight excluding hydrogens is 362 g/mol. The molecular formula is C13H12BrNO5S. The lowest BCUT2D eigenvalue weighted by atomic mass is 10.1. The van der Waals surface area contributed by atoms with Crippen LogP contribution in [-0.2, 0) is 0 Å². The van der Waals surface area contributed by atoms with E-state index >= 15 is 0 Å². The summed E-state index contributed by atoms with van der Waals surface area (Å²) < 4.78 is 16.3. The zero-order chi connectivity index (χ0) is 15.6. The number of aromatic nitrogens is 1. The number of hydrogen-bond acceptors (Lipinski definition) is 6. The van der Waals surface area contributed by atoms with Gasteiger partial charge in [0.15, 0.2) is 21.1 Å². The molecule has 1 aromatic heterocycles. The predicted molar refractivity (Wildman–Crippen MR) is 81.9 cm³/mol. The Kier molecular flexibility index (Phi) is 4.69. The van der Waals surface area contributed by atoms with Crippen molar-refractivity contribution in [2.24, 2.45) is 0 Å². The summed E-state index contributed by atoms with van der Waals surface area (Å²) >= 11 is 4.41. The number of halogens is 1. The molecule has 0 fully saturated rings. The number of carboxylic acids is 1. The maximum atomic E-state index is 11.3. The summed E-state index contributed by atoms with van der Waals surface area (Å²) in [6.45, 7) is 0. The van der Waals surface area contributed by atoms with Crippen molar-refractivity contribution >= 4 is 33.2 Å². The summed E-state index contributed by atoms with van der Waals surface area (Å²) in [5, 5.41) is 9.26. The molecule has 8 heteroatoms. The van der Waals surface area contributed by atoms with E-state index in [2.05, 4.69) is 20.9 Å². The average Bonchev–Trinajstić information content (AvgIpc) is 2.87. The highest BCUT2D eigenvalue weighted by atomic mass is 79.9. The van der Waals surface area contributed by atoms with E-state index in [-0.39, 0.29) is 5.69 Å². The van der Waals surface area contributed by atoms with Crippen molar-refractivity contribution in [2.75, 3.05) is 21.3 Å². The Hall–Kier alpha value is -1.80. The highest BCUT2D eigenvalue weighted by Gasteiger charge is 2.22. The molecule has 0 spiro atoms. The molecule has 0 aliphatic carbocycles. The third kappa shape index (κ3) is 2.96. The van der Waals surface area contributed by atoms with Gasteiger partial charge in [-0.05, 0) is 22.0 Å². The van der Waals surface area contributed by atoms with E-state index in [1.165, 1.54) is 32.7 Å². The molecule has 0 unspecified atom stereocenters. The molecule has 0 aliphatic rings. The highest BCUT2D eigenvalue weighted by molar-refractivity contribution is 9.11. The van der Waals surface area contributed by atoms with Gasteiger partial charge in [0, 0.05) is 11.6 Å². The molecule has 112 valence electrons. The quantitative estimate of drug-likeness (QED) is 0.866. The second kappa shape index (κ2) is 6.31. The van der Waals surface area contributed by atoms with E-state index < -0.39 is 5.97 Å². The SMILES string of the molecule is COc1cc(OC)c(-c2sc(Br)nc2C(=O)O)cc1OC. The van der Waals surface area contributed by atoms with Crippen LogP contribution in [0.3, 0.4) is 0 Å². The number of rotatable bonds is 5. The molecule has 6 nitrogen and oxygen atoms in total. The highest BCUT2D eigenvalue weighted by Crippen LogP contribution is 2.44. The summed E-state index contributed by atoms with van der Waals surface area (Å²) in [6, 6.07) is 3.32. The van der Waals surface area contributed by atoms with Crippen molar-refractivity contribution in [1.29, 1.82) is 0 Å². The molecule has 1 heterocycles. The standard InChI is InChI=1S/C13H12BrNO5S/c1-18-7-5-9(20-3)8(19-2)4-6(7)11-10(12(16)17)15-13(14)21-11/h4-5H,1-3H3,(H,16,17). The van der Waals surface area contributed by atoms with Crippen molar-refractivity contribution in [3.63, 3.8) is 0 Å². The van der Waals surface area contributed by atoms with Gasteiger partial charge in [-0.25, -0.2) is 9.78 Å². The Bertz CT molecular complexity index is 685. The average molecular weight is 374 g/mol. The van der Waals surface area contributed by atoms with Gasteiger partial charge in [-0.2, -0.15) is 0 Å². The van der Waals surface area contributed by atoms with Crippen molar-refractivity contribution < 1.29 is 24.1 Å². The van der Waals surface area contributed by atoms with Crippen LogP contribution in [0.2, 0.25) is 0 Å². The van der Waals surface area contributed by atoms with Crippen LogP contribution in [0.25, 0.3) is 10.4 Å². The molecule has 1 aromatic carbocycles. The second-order valence-electron chi connectivity index (χ2n) is 3.86. The van der Waals surface area contributed by atoms with E-state index in [0.29, 0.717) is 31.6 Å². The first kappa shape index (κ1) is 15.6. The van der Waals surface area contributed by atoms with E-state index in [9.17, 15) is 9.90 Å². The first-order valence-electron chi connectivity index (χ1n) is 5.71. The van der Waals surface area contributed by atoms with Crippen LogP contribution in [0.1, 0.15) is 10.5 Å². The first-order chi connectivity index (χ1) is 10.0. The molecule has 0 saturated carbocycles. The normalized spacial score (nSPS) is 10.3. The Morgan fingerprint density at radius 2 is 1.71 bits per heavy atom. The van der Waals surface area contributed by atoms with Gasteiger partial charge < -0.3 is 19.3 Å². The number of nitrogens with zero attached hydrogens (tertiary/aromatic N) is 1. The molecule has 2 aromatic rings. The first-order valence-corrected chi connectivity index (χ1v) is 7.32. The number of methoxy groups -OCH3 is 3. The number of hydrogen-bond donors (Lipinski definition) is 1. The maximum absolute atomic E-state index is 11.3. The predicted octanol–water partition coefficient (Wildman–Crippen LogP) is 3.30. The van der Waals surface area contributed by atoms with Gasteiger partial charge in [-0.1, -0.05) is 0 Å². The topological polar surface area (TPSA) is 77.9 Å². The number of benzene rings is 1. The van der Waals surface area contributed by atoms with Crippen LogP contribution < -0.4 is 14.2 Å². The van der Waals surface area contributed by atoms with Crippen molar-refractivity contribution in [3.05, 3.63) is 21.7 Å². The van der Waals surface area contributed by atoms with Gasteiger partial charge in [-0.3, -0.25) is 0 Å². The largest absolute Gasteiger partial charge is 0.496 e. The minimum atomic E-state index is -1.11. The summed E-state index contributed by atoms with van der Waals surface area (Å²) in [5.74, 6) is 0.350. The van der Waals surface area contributed by atoms with Crippen LogP contribution in [-0.4, -0.2) is 37.4 Å². The molecule has 0 saturated heterocycles. The number of carboxylic acid groups (broad SMARTS) is 1. The number of ether oxygens (including phenoxy) is 3. The molecule has 1 N–H and O–H groups in total. The van der Waals surface area contributed by atoms with E-state index in [1.807, 2.05) is 0 Å². The zero-order valence-electron chi connectivity index (χ0n) is 11.5. The zero-order valence-corrected chi connectivity index (χ0v) is 13.9. The van der Waals surface area contributed by atoms with Gasteiger partial charge in [0.2, 0.25) is 0 Å². The van der Waals surface area contributed by atoms with Crippen LogP contribution in [0.5, 0.6) is 17.2 Å². The van der Waals surface area contributed by atoms with E-state index in [0.717, 1.165) is 0 Å².